The summed E-state index contributed by atoms with van der Waals surface area (Å²) in [6.07, 6.45) is 6.65. The number of hydrogen-bond donors (Lipinski definition) is 1. The first-order valence-corrected chi connectivity index (χ1v) is 11.6. The van der Waals surface area contributed by atoms with Crippen molar-refractivity contribution in [2.45, 2.75) is 26.3 Å². The van der Waals surface area contributed by atoms with Crippen molar-refractivity contribution in [2.75, 3.05) is 13.1 Å². The third-order valence-corrected chi connectivity index (χ3v) is 6.70. The molecule has 0 unspecified atom stereocenters. The zero-order chi connectivity index (χ0) is 22.8. The third kappa shape index (κ3) is 4.20. The molecule has 0 saturated carbocycles. The van der Waals surface area contributed by atoms with Crippen LogP contribution in [0.15, 0.2) is 73.6 Å². The first-order valence-electron chi connectivity index (χ1n) is 11.6. The number of piperidine rings is 1. The van der Waals surface area contributed by atoms with Gasteiger partial charge in [0.05, 0.1) is 29.0 Å². The lowest BCUT2D eigenvalue weighted by molar-refractivity contribution is 0.337. The van der Waals surface area contributed by atoms with Gasteiger partial charge in [0, 0.05) is 29.3 Å². The number of allylic oxidation sites excluding steroid dienone is 1. The Bertz CT molecular complexity index is 1330. The van der Waals surface area contributed by atoms with E-state index in [4.69, 9.17) is 4.98 Å². The van der Waals surface area contributed by atoms with E-state index in [1.54, 1.807) is 0 Å². The SMILES string of the molecule is C=C(C)c1ccc(-c2ncc3c(ccn3CC3CCNCC3)c2-c2ccc(C#N)cc2)cc1. The standard InChI is InChI=1S/C29H28N4/c1-20(2)23-7-9-25(10-8-23)29-28(24-5-3-21(17-30)4-6-24)26-13-16-33(27(26)18-32-29)19-22-11-14-31-15-12-22/h3-10,13,16,18,22,31H,1,11-12,14-15,19H2,2H3. The minimum absolute atomic E-state index is 0.662. The van der Waals surface area contributed by atoms with E-state index in [1.165, 1.54) is 18.2 Å². The van der Waals surface area contributed by atoms with Crippen molar-refractivity contribution in [1.82, 2.24) is 14.9 Å². The number of nitrogens with one attached hydrogen (secondary N) is 1. The van der Waals surface area contributed by atoms with E-state index in [1.807, 2.05) is 37.4 Å². The lowest BCUT2D eigenvalue weighted by Gasteiger charge is -2.23. The van der Waals surface area contributed by atoms with E-state index >= 15 is 0 Å². The van der Waals surface area contributed by atoms with E-state index in [0.717, 1.165) is 58.7 Å². The molecular formula is C29H28N4. The van der Waals surface area contributed by atoms with Gasteiger partial charge in [-0.1, -0.05) is 48.6 Å². The lowest BCUT2D eigenvalue weighted by Crippen LogP contribution is -2.29. The summed E-state index contributed by atoms with van der Waals surface area (Å²) in [7, 11) is 0. The average molecular weight is 433 g/mol. The first kappa shape index (κ1) is 21.2. The van der Waals surface area contributed by atoms with Gasteiger partial charge in [-0.25, -0.2) is 0 Å². The van der Waals surface area contributed by atoms with E-state index in [-0.39, 0.29) is 0 Å². The smallest absolute Gasteiger partial charge is 0.0991 e. The van der Waals surface area contributed by atoms with E-state index in [0.29, 0.717) is 11.5 Å². The zero-order valence-electron chi connectivity index (χ0n) is 19.0. The molecule has 0 aliphatic carbocycles. The van der Waals surface area contributed by atoms with Crippen LogP contribution in [-0.2, 0) is 6.54 Å². The van der Waals surface area contributed by atoms with Crippen molar-refractivity contribution >= 4 is 16.5 Å². The highest BCUT2D eigenvalue weighted by molar-refractivity contribution is 6.01. The van der Waals surface area contributed by atoms with Crippen LogP contribution in [0.25, 0.3) is 38.9 Å². The fourth-order valence-corrected chi connectivity index (χ4v) is 4.79. The van der Waals surface area contributed by atoms with Gasteiger partial charge in [-0.15, -0.1) is 0 Å². The van der Waals surface area contributed by atoms with Gasteiger partial charge in [-0.3, -0.25) is 4.98 Å². The summed E-state index contributed by atoms with van der Waals surface area (Å²) in [6.45, 7) is 9.29. The molecule has 1 aliphatic rings. The molecule has 0 amide bonds. The Morgan fingerprint density at radius 3 is 2.42 bits per heavy atom. The van der Waals surface area contributed by atoms with Crippen LogP contribution in [0.2, 0.25) is 0 Å². The Labute approximate surface area is 195 Å². The predicted molar refractivity (Wildman–Crippen MR) is 136 cm³/mol. The maximum atomic E-state index is 9.26. The minimum Gasteiger partial charge on any atom is -0.346 e. The fourth-order valence-electron chi connectivity index (χ4n) is 4.79. The highest BCUT2D eigenvalue weighted by Crippen LogP contribution is 2.37. The maximum Gasteiger partial charge on any atom is 0.0991 e. The molecule has 0 bridgehead atoms. The van der Waals surface area contributed by atoms with Crippen molar-refractivity contribution in [3.05, 3.63) is 84.7 Å². The number of nitriles is 1. The van der Waals surface area contributed by atoms with Gasteiger partial charge in [-0.05, 0) is 68.1 Å². The molecule has 1 fully saturated rings. The molecule has 4 heteroatoms. The number of benzene rings is 2. The molecule has 0 radical (unpaired) electrons. The largest absolute Gasteiger partial charge is 0.346 e. The molecule has 4 nitrogen and oxygen atoms in total. The van der Waals surface area contributed by atoms with Gasteiger partial charge in [-0.2, -0.15) is 5.26 Å². The summed E-state index contributed by atoms with van der Waals surface area (Å²) in [5.74, 6) is 0.689. The van der Waals surface area contributed by atoms with Crippen LogP contribution in [0.4, 0.5) is 0 Å². The summed E-state index contributed by atoms with van der Waals surface area (Å²) in [4.78, 5) is 4.98. The molecule has 4 aromatic rings. The highest BCUT2D eigenvalue weighted by atomic mass is 15.0. The monoisotopic (exact) mass is 432 g/mol. The summed E-state index contributed by atoms with van der Waals surface area (Å²) in [5.41, 5.74) is 8.23. The van der Waals surface area contributed by atoms with Gasteiger partial charge in [0.25, 0.3) is 0 Å². The molecule has 3 heterocycles. The summed E-state index contributed by atoms with van der Waals surface area (Å²) in [5, 5.41) is 13.9. The number of nitrogens with zero attached hydrogens (tertiary/aromatic N) is 3. The number of pyridine rings is 1. The van der Waals surface area contributed by atoms with Crippen molar-refractivity contribution in [1.29, 1.82) is 5.26 Å². The second-order valence-corrected chi connectivity index (χ2v) is 8.99. The molecule has 2 aromatic carbocycles. The van der Waals surface area contributed by atoms with Crippen molar-refractivity contribution in [3.8, 4) is 28.5 Å². The normalized spacial score (nSPS) is 14.3. The number of rotatable bonds is 5. The van der Waals surface area contributed by atoms with Crippen molar-refractivity contribution in [2.24, 2.45) is 5.92 Å². The molecule has 1 saturated heterocycles. The molecule has 0 spiro atoms. The number of hydrogen-bond acceptors (Lipinski definition) is 3. The molecule has 0 atom stereocenters. The Morgan fingerprint density at radius 2 is 1.76 bits per heavy atom. The fraction of sp³-hybridized carbons (Fsp3) is 0.241. The predicted octanol–water partition coefficient (Wildman–Crippen LogP) is 6.27. The maximum absolute atomic E-state index is 9.26. The van der Waals surface area contributed by atoms with Crippen molar-refractivity contribution < 1.29 is 0 Å². The van der Waals surface area contributed by atoms with Crippen LogP contribution in [0.1, 0.15) is 30.9 Å². The third-order valence-electron chi connectivity index (χ3n) is 6.70. The second kappa shape index (κ2) is 9.05. The van der Waals surface area contributed by atoms with Crippen LogP contribution in [0, 0.1) is 17.2 Å². The van der Waals surface area contributed by atoms with Crippen molar-refractivity contribution in [3.63, 3.8) is 0 Å². The van der Waals surface area contributed by atoms with Gasteiger partial charge < -0.3 is 9.88 Å². The second-order valence-electron chi connectivity index (χ2n) is 8.99. The van der Waals surface area contributed by atoms with Gasteiger partial charge >= 0.3 is 0 Å². The quantitative estimate of drug-likeness (QED) is 0.404. The van der Waals surface area contributed by atoms with Gasteiger partial charge in [0.15, 0.2) is 0 Å². The average Bonchev–Trinajstić information content (AvgIpc) is 3.27. The molecule has 5 rings (SSSR count). The van der Waals surface area contributed by atoms with Gasteiger partial charge in [0.1, 0.15) is 0 Å². The first-order chi connectivity index (χ1) is 16.1. The topological polar surface area (TPSA) is 53.6 Å². The summed E-state index contributed by atoms with van der Waals surface area (Å²) in [6, 6.07) is 20.7. The Kier molecular flexibility index (Phi) is 5.81. The molecule has 1 aliphatic heterocycles. The van der Waals surface area contributed by atoms with Gasteiger partial charge in [0.2, 0.25) is 0 Å². The van der Waals surface area contributed by atoms with E-state index in [2.05, 4.69) is 59.1 Å². The molecule has 164 valence electrons. The Morgan fingerprint density at radius 1 is 1.06 bits per heavy atom. The zero-order valence-corrected chi connectivity index (χ0v) is 19.0. The number of fused-ring (bicyclic) bond motifs is 1. The minimum atomic E-state index is 0.662. The van der Waals surface area contributed by atoms with Crippen LogP contribution >= 0.6 is 0 Å². The molecule has 2 aromatic heterocycles. The van der Waals surface area contributed by atoms with Crippen LogP contribution in [-0.4, -0.2) is 22.6 Å². The number of aromatic nitrogens is 2. The summed E-state index contributed by atoms with van der Waals surface area (Å²) >= 11 is 0. The molecule has 33 heavy (non-hydrogen) atoms. The van der Waals surface area contributed by atoms with Crippen LogP contribution in [0.3, 0.4) is 0 Å². The molecule has 1 N–H and O–H groups in total. The van der Waals surface area contributed by atoms with Crippen LogP contribution in [0.5, 0.6) is 0 Å². The Balaban J connectivity index is 1.64. The molecular weight excluding hydrogens is 404 g/mol. The van der Waals surface area contributed by atoms with E-state index < -0.39 is 0 Å². The highest BCUT2D eigenvalue weighted by Gasteiger charge is 2.18. The lowest BCUT2D eigenvalue weighted by atomic mass is 9.94. The Hall–Kier alpha value is -3.68. The van der Waals surface area contributed by atoms with Crippen LogP contribution < -0.4 is 5.32 Å². The van der Waals surface area contributed by atoms with E-state index in [9.17, 15) is 5.26 Å². The summed E-state index contributed by atoms with van der Waals surface area (Å²) < 4.78 is 2.36.